The van der Waals surface area contributed by atoms with Gasteiger partial charge in [-0.15, -0.1) is 0 Å². The quantitative estimate of drug-likeness (QED) is 0.887. The summed E-state index contributed by atoms with van der Waals surface area (Å²) in [6.07, 6.45) is 1.26. The van der Waals surface area contributed by atoms with Crippen LogP contribution in [0, 0.1) is 0 Å². The highest BCUT2D eigenvalue weighted by molar-refractivity contribution is 7.89. The number of fused-ring (bicyclic) bond motifs is 1. The lowest BCUT2D eigenvalue weighted by Gasteiger charge is -2.29. The molecule has 2 heterocycles. The smallest absolute Gasteiger partial charge is 0.404 e. The summed E-state index contributed by atoms with van der Waals surface area (Å²) in [5.74, 6) is 0.286. The second-order valence-corrected chi connectivity index (χ2v) is 7.33. The zero-order chi connectivity index (χ0) is 15.3. The Morgan fingerprint density at radius 1 is 1.29 bits per heavy atom. The minimum Gasteiger partial charge on any atom is -0.423 e. The fourth-order valence-corrected chi connectivity index (χ4v) is 3.98. The molecule has 3 rings (SSSR count). The Morgan fingerprint density at radius 2 is 1.90 bits per heavy atom. The summed E-state index contributed by atoms with van der Waals surface area (Å²) in [5.41, 5.74) is 5.78. The largest absolute Gasteiger partial charge is 0.423 e. The van der Waals surface area contributed by atoms with Crippen molar-refractivity contribution in [2.24, 2.45) is 5.73 Å². The number of nitrogens with two attached hydrogens (primary N) is 1. The van der Waals surface area contributed by atoms with E-state index in [1.54, 1.807) is 0 Å². The van der Waals surface area contributed by atoms with Gasteiger partial charge in [0.15, 0.2) is 11.5 Å². The van der Waals surface area contributed by atoms with Gasteiger partial charge in [-0.1, -0.05) is 0 Å². The third-order valence-corrected chi connectivity index (χ3v) is 5.53. The Labute approximate surface area is 122 Å². The van der Waals surface area contributed by atoms with Crippen LogP contribution in [-0.4, -0.2) is 37.9 Å². The van der Waals surface area contributed by atoms with Crippen LogP contribution in [0.2, 0.25) is 0 Å². The molecule has 116 valence electrons. The number of nitrogens with zero attached hydrogens (tertiary/aromatic N) is 1. The number of ether oxygens (including phenoxy) is 2. The summed E-state index contributed by atoms with van der Waals surface area (Å²) in [6, 6.07) is 1.88. The van der Waals surface area contributed by atoms with E-state index in [0.717, 1.165) is 6.92 Å². The van der Waals surface area contributed by atoms with Crippen LogP contribution in [0.25, 0.3) is 0 Å². The second-order valence-electron chi connectivity index (χ2n) is 5.39. The van der Waals surface area contributed by atoms with Gasteiger partial charge in [-0.3, -0.25) is 0 Å². The maximum Gasteiger partial charge on any atom is 0.404 e. The molecule has 6 nitrogen and oxygen atoms in total. The molecule has 1 aromatic carbocycles. The lowest BCUT2D eigenvalue weighted by Crippen LogP contribution is -2.42. The third-order valence-electron chi connectivity index (χ3n) is 3.64. The van der Waals surface area contributed by atoms with Crippen molar-refractivity contribution in [1.82, 2.24) is 4.31 Å². The standard InChI is InChI=1S/C13H17FN2O4S/c1-13(14)19-11-3-2-10(8-12(11)20-13)21(17,18)16-6-4-9(15)5-7-16/h2-3,8-9H,4-7,15H2,1H3. The van der Waals surface area contributed by atoms with Gasteiger partial charge in [0, 0.05) is 32.1 Å². The van der Waals surface area contributed by atoms with Crippen molar-refractivity contribution in [1.29, 1.82) is 0 Å². The van der Waals surface area contributed by atoms with Crippen LogP contribution >= 0.6 is 0 Å². The summed E-state index contributed by atoms with van der Waals surface area (Å²) in [7, 11) is -3.62. The molecule has 1 unspecified atom stereocenters. The minimum atomic E-state index is -3.62. The molecule has 2 aliphatic heterocycles. The zero-order valence-electron chi connectivity index (χ0n) is 11.6. The van der Waals surface area contributed by atoms with Crippen molar-refractivity contribution in [3.8, 4) is 11.5 Å². The van der Waals surface area contributed by atoms with Crippen LogP contribution in [0.1, 0.15) is 19.8 Å². The number of hydrogen-bond acceptors (Lipinski definition) is 5. The Balaban J connectivity index is 1.88. The highest BCUT2D eigenvalue weighted by atomic mass is 32.2. The van der Waals surface area contributed by atoms with Gasteiger partial charge < -0.3 is 15.2 Å². The second kappa shape index (κ2) is 4.82. The monoisotopic (exact) mass is 316 g/mol. The fourth-order valence-electron chi connectivity index (χ4n) is 2.49. The Morgan fingerprint density at radius 3 is 2.57 bits per heavy atom. The molecule has 1 fully saturated rings. The van der Waals surface area contributed by atoms with E-state index in [1.165, 1.54) is 22.5 Å². The van der Waals surface area contributed by atoms with Crippen molar-refractivity contribution in [2.45, 2.75) is 36.7 Å². The molecule has 8 heteroatoms. The first kappa shape index (κ1) is 14.6. The molecular formula is C13H17FN2O4S. The normalized spacial score (nSPS) is 27.0. The molecule has 0 bridgehead atoms. The van der Waals surface area contributed by atoms with Crippen LogP contribution in [-0.2, 0) is 10.0 Å². The first-order valence-corrected chi connectivity index (χ1v) is 8.19. The molecule has 1 atom stereocenters. The van der Waals surface area contributed by atoms with Crippen LogP contribution in [0.15, 0.2) is 23.1 Å². The molecule has 0 radical (unpaired) electrons. The number of sulfonamides is 1. The summed E-state index contributed by atoms with van der Waals surface area (Å²) in [4.78, 5) is 0.0676. The molecule has 0 saturated carbocycles. The molecule has 0 aliphatic carbocycles. The zero-order valence-corrected chi connectivity index (χ0v) is 12.4. The summed E-state index contributed by atoms with van der Waals surface area (Å²) in [5, 5.41) is 0. The minimum absolute atomic E-state index is 0.0421. The van der Waals surface area contributed by atoms with Crippen molar-refractivity contribution in [2.75, 3.05) is 13.1 Å². The van der Waals surface area contributed by atoms with Gasteiger partial charge in [-0.2, -0.15) is 8.70 Å². The fraction of sp³-hybridized carbons (Fsp3) is 0.538. The number of benzene rings is 1. The van der Waals surface area contributed by atoms with Crippen LogP contribution < -0.4 is 15.2 Å². The van der Waals surface area contributed by atoms with E-state index in [1.807, 2.05) is 0 Å². The van der Waals surface area contributed by atoms with E-state index in [9.17, 15) is 12.8 Å². The summed E-state index contributed by atoms with van der Waals surface area (Å²) in [6.45, 7) is 1.89. The third kappa shape index (κ3) is 2.70. The SMILES string of the molecule is CC1(F)Oc2ccc(S(=O)(=O)N3CCC(N)CC3)cc2O1. The molecule has 2 aliphatic rings. The molecule has 1 aromatic rings. The predicted octanol–water partition coefficient (Wildman–Crippen LogP) is 1.21. The molecule has 0 spiro atoms. The molecule has 2 N–H and O–H groups in total. The Kier molecular flexibility index (Phi) is 3.34. The lowest BCUT2D eigenvalue weighted by molar-refractivity contribution is -0.173. The number of piperidine rings is 1. The van der Waals surface area contributed by atoms with Gasteiger partial charge in [-0.25, -0.2) is 8.42 Å². The molecule has 0 amide bonds. The van der Waals surface area contributed by atoms with Gasteiger partial charge in [0.2, 0.25) is 10.0 Å². The molecule has 1 saturated heterocycles. The molecular weight excluding hydrogens is 299 g/mol. The van der Waals surface area contributed by atoms with E-state index in [-0.39, 0.29) is 22.4 Å². The number of alkyl halides is 1. The predicted molar refractivity (Wildman–Crippen MR) is 73.2 cm³/mol. The summed E-state index contributed by atoms with van der Waals surface area (Å²) >= 11 is 0. The van der Waals surface area contributed by atoms with Crippen LogP contribution in [0.4, 0.5) is 4.39 Å². The van der Waals surface area contributed by atoms with Gasteiger partial charge in [0.1, 0.15) is 0 Å². The molecule has 21 heavy (non-hydrogen) atoms. The number of hydrogen-bond donors (Lipinski definition) is 1. The van der Waals surface area contributed by atoms with Gasteiger partial charge in [0.25, 0.3) is 0 Å². The van der Waals surface area contributed by atoms with Gasteiger partial charge in [0.05, 0.1) is 4.90 Å². The van der Waals surface area contributed by atoms with E-state index in [2.05, 4.69) is 0 Å². The van der Waals surface area contributed by atoms with E-state index in [4.69, 9.17) is 15.2 Å². The molecule has 0 aromatic heterocycles. The first-order chi connectivity index (χ1) is 9.78. The van der Waals surface area contributed by atoms with Crippen molar-refractivity contribution < 1.29 is 22.3 Å². The van der Waals surface area contributed by atoms with Crippen molar-refractivity contribution in [3.05, 3.63) is 18.2 Å². The van der Waals surface area contributed by atoms with Crippen LogP contribution in [0.3, 0.4) is 0 Å². The average molecular weight is 316 g/mol. The highest BCUT2D eigenvalue weighted by Gasteiger charge is 2.38. The lowest BCUT2D eigenvalue weighted by atomic mass is 10.1. The van der Waals surface area contributed by atoms with E-state index in [0.29, 0.717) is 25.9 Å². The van der Waals surface area contributed by atoms with Crippen molar-refractivity contribution in [3.63, 3.8) is 0 Å². The topological polar surface area (TPSA) is 81.9 Å². The maximum atomic E-state index is 13.6. The van der Waals surface area contributed by atoms with E-state index >= 15 is 0 Å². The van der Waals surface area contributed by atoms with Gasteiger partial charge >= 0.3 is 6.04 Å². The number of rotatable bonds is 2. The van der Waals surface area contributed by atoms with Crippen LogP contribution in [0.5, 0.6) is 11.5 Å². The first-order valence-electron chi connectivity index (χ1n) is 6.75. The van der Waals surface area contributed by atoms with Crippen molar-refractivity contribution >= 4 is 10.0 Å². The van der Waals surface area contributed by atoms with Gasteiger partial charge in [-0.05, 0) is 25.0 Å². The van der Waals surface area contributed by atoms with E-state index < -0.39 is 16.1 Å². The average Bonchev–Trinajstić information content (AvgIpc) is 2.71. The number of halogens is 1. The Hall–Kier alpha value is -1.38. The summed E-state index contributed by atoms with van der Waals surface area (Å²) < 4.78 is 50.0. The maximum absolute atomic E-state index is 13.6. The Bertz CT molecular complexity index is 654. The highest BCUT2D eigenvalue weighted by Crippen LogP contribution is 2.41.